The monoisotopic (exact) mass is 578 g/mol. The molecule has 0 spiro atoms. The standard InChI is InChI=1S/C33H42N2O7/c1-6-9-10-19-41-24-16-15-22(20-26(24)40-5)29-28(31(37)33(38)35(29)18-12-17-34(7-2)8-3)30(36)27-21-23-13-11-14-25(39-4)32(23)42-27/h11,13-16,20-21,29,37H,6-10,12,17-19H2,1-5H3. The molecule has 0 fully saturated rings. The van der Waals surface area contributed by atoms with Gasteiger partial charge in [0.05, 0.1) is 32.4 Å². The third-order valence-corrected chi connectivity index (χ3v) is 7.78. The van der Waals surface area contributed by atoms with E-state index in [2.05, 4.69) is 25.7 Å². The van der Waals surface area contributed by atoms with Crippen LogP contribution in [0.25, 0.3) is 11.0 Å². The summed E-state index contributed by atoms with van der Waals surface area (Å²) in [4.78, 5) is 31.3. The zero-order valence-electron chi connectivity index (χ0n) is 25.3. The first-order chi connectivity index (χ1) is 20.4. The summed E-state index contributed by atoms with van der Waals surface area (Å²) in [6.07, 6.45) is 3.76. The fourth-order valence-electron chi connectivity index (χ4n) is 5.42. The van der Waals surface area contributed by atoms with E-state index in [-0.39, 0.29) is 11.3 Å². The maximum atomic E-state index is 14.0. The van der Waals surface area contributed by atoms with E-state index in [1.54, 1.807) is 42.3 Å². The minimum Gasteiger partial charge on any atom is -0.503 e. The highest BCUT2D eigenvalue weighted by Crippen LogP contribution is 2.42. The molecule has 0 radical (unpaired) electrons. The number of carbonyl (C=O) groups excluding carboxylic acids is 2. The number of aliphatic hydroxyl groups excluding tert-OH is 1. The number of aliphatic hydroxyl groups is 1. The zero-order chi connectivity index (χ0) is 30.2. The molecule has 1 aliphatic rings. The number of methoxy groups -OCH3 is 2. The molecule has 1 unspecified atom stereocenters. The first-order valence-corrected chi connectivity index (χ1v) is 14.8. The second-order valence-corrected chi connectivity index (χ2v) is 10.3. The lowest BCUT2D eigenvalue weighted by molar-refractivity contribution is -0.129. The van der Waals surface area contributed by atoms with Crippen LogP contribution in [0.4, 0.5) is 0 Å². The van der Waals surface area contributed by atoms with Crippen molar-refractivity contribution in [3.63, 3.8) is 0 Å². The second-order valence-electron chi connectivity index (χ2n) is 10.3. The predicted molar refractivity (Wildman–Crippen MR) is 162 cm³/mol. The number of benzene rings is 2. The molecule has 1 amide bonds. The number of unbranched alkanes of at least 4 members (excludes halogenated alkanes) is 2. The lowest BCUT2D eigenvalue weighted by Crippen LogP contribution is -2.34. The number of ketones is 1. The highest BCUT2D eigenvalue weighted by Gasteiger charge is 2.44. The molecule has 2 heterocycles. The van der Waals surface area contributed by atoms with Gasteiger partial charge in [0, 0.05) is 11.9 Å². The van der Waals surface area contributed by atoms with Crippen LogP contribution in [0.5, 0.6) is 17.2 Å². The van der Waals surface area contributed by atoms with E-state index >= 15 is 0 Å². The van der Waals surface area contributed by atoms with Crippen molar-refractivity contribution < 1.29 is 33.3 Å². The Morgan fingerprint density at radius 2 is 1.74 bits per heavy atom. The number of ether oxygens (including phenoxy) is 3. The van der Waals surface area contributed by atoms with E-state index in [1.807, 2.05) is 12.1 Å². The van der Waals surface area contributed by atoms with Crippen LogP contribution in [-0.4, -0.2) is 73.6 Å². The largest absolute Gasteiger partial charge is 0.503 e. The van der Waals surface area contributed by atoms with E-state index < -0.39 is 23.5 Å². The first kappa shape index (κ1) is 31.0. The number of carbonyl (C=O) groups is 2. The Bertz CT molecular complexity index is 1420. The minimum atomic E-state index is -0.833. The van der Waals surface area contributed by atoms with Gasteiger partial charge in [-0.25, -0.2) is 0 Å². The van der Waals surface area contributed by atoms with Gasteiger partial charge in [-0.05, 0) is 62.3 Å². The molecule has 226 valence electrons. The van der Waals surface area contributed by atoms with Gasteiger partial charge in [-0.3, -0.25) is 9.59 Å². The Balaban J connectivity index is 1.72. The molecule has 4 rings (SSSR count). The number of amides is 1. The van der Waals surface area contributed by atoms with Crippen LogP contribution in [0.2, 0.25) is 0 Å². The Morgan fingerprint density at radius 1 is 0.976 bits per heavy atom. The van der Waals surface area contributed by atoms with Crippen LogP contribution >= 0.6 is 0 Å². The quantitative estimate of drug-likeness (QED) is 0.155. The molecular formula is C33H42N2O7. The lowest BCUT2D eigenvalue weighted by Gasteiger charge is -2.28. The van der Waals surface area contributed by atoms with Crippen LogP contribution in [0.1, 0.15) is 68.6 Å². The summed E-state index contributed by atoms with van der Waals surface area (Å²) in [5.41, 5.74) is 1.02. The van der Waals surface area contributed by atoms with Gasteiger partial charge in [-0.2, -0.15) is 0 Å². The van der Waals surface area contributed by atoms with Crippen LogP contribution in [0.3, 0.4) is 0 Å². The summed E-state index contributed by atoms with van der Waals surface area (Å²) in [7, 11) is 3.08. The molecule has 9 heteroatoms. The molecule has 42 heavy (non-hydrogen) atoms. The zero-order valence-corrected chi connectivity index (χ0v) is 25.3. The fraction of sp³-hybridized carbons (Fsp3) is 0.455. The van der Waals surface area contributed by atoms with Crippen molar-refractivity contribution in [1.82, 2.24) is 9.80 Å². The van der Waals surface area contributed by atoms with Crippen LogP contribution in [0, 0.1) is 0 Å². The van der Waals surface area contributed by atoms with Gasteiger partial charge in [0.15, 0.2) is 34.4 Å². The smallest absolute Gasteiger partial charge is 0.290 e. The molecule has 1 N–H and O–H groups in total. The lowest BCUT2D eigenvalue weighted by atomic mass is 9.94. The molecule has 2 aromatic carbocycles. The van der Waals surface area contributed by atoms with E-state index in [9.17, 15) is 14.7 Å². The van der Waals surface area contributed by atoms with Gasteiger partial charge in [0.2, 0.25) is 5.78 Å². The number of fused-ring (bicyclic) bond motifs is 1. The van der Waals surface area contributed by atoms with Crippen LogP contribution in [-0.2, 0) is 4.79 Å². The number of nitrogens with zero attached hydrogens (tertiary/aromatic N) is 2. The van der Waals surface area contributed by atoms with Crippen LogP contribution < -0.4 is 14.2 Å². The molecular weight excluding hydrogens is 536 g/mol. The number of hydrogen-bond acceptors (Lipinski definition) is 8. The summed E-state index contributed by atoms with van der Waals surface area (Å²) in [5.74, 6) is -0.141. The van der Waals surface area contributed by atoms with Crippen molar-refractivity contribution in [2.75, 3.05) is 47.0 Å². The highest BCUT2D eigenvalue weighted by atomic mass is 16.5. The third-order valence-electron chi connectivity index (χ3n) is 7.78. The number of hydrogen-bond donors (Lipinski definition) is 1. The van der Waals surface area contributed by atoms with E-state index in [0.717, 1.165) is 38.9 Å². The topological polar surface area (TPSA) is 102 Å². The van der Waals surface area contributed by atoms with E-state index in [4.69, 9.17) is 18.6 Å². The van der Waals surface area contributed by atoms with Crippen molar-refractivity contribution in [1.29, 1.82) is 0 Å². The Hall–Kier alpha value is -3.98. The van der Waals surface area contributed by atoms with Crippen molar-refractivity contribution in [2.45, 2.75) is 52.5 Å². The minimum absolute atomic E-state index is 0.0154. The highest BCUT2D eigenvalue weighted by molar-refractivity contribution is 6.16. The molecule has 9 nitrogen and oxygen atoms in total. The summed E-state index contributed by atoms with van der Waals surface area (Å²) in [6.45, 7) is 9.81. The number of furan rings is 1. The average Bonchev–Trinajstić information content (AvgIpc) is 3.56. The Kier molecular flexibility index (Phi) is 10.5. The van der Waals surface area contributed by atoms with Gasteiger partial charge in [0.25, 0.3) is 5.91 Å². The van der Waals surface area contributed by atoms with E-state index in [1.165, 1.54) is 7.11 Å². The maximum absolute atomic E-state index is 14.0. The molecule has 0 saturated carbocycles. The summed E-state index contributed by atoms with van der Waals surface area (Å²) < 4.78 is 22.9. The van der Waals surface area contributed by atoms with Gasteiger partial charge < -0.3 is 33.5 Å². The molecule has 3 aromatic rings. The number of rotatable bonds is 16. The summed E-state index contributed by atoms with van der Waals surface area (Å²) in [5, 5.41) is 11.8. The van der Waals surface area contributed by atoms with Crippen molar-refractivity contribution in [3.8, 4) is 17.2 Å². The molecule has 0 aliphatic carbocycles. The molecule has 0 saturated heterocycles. The first-order valence-electron chi connectivity index (χ1n) is 14.8. The van der Waals surface area contributed by atoms with Gasteiger partial charge >= 0.3 is 0 Å². The van der Waals surface area contributed by atoms with Gasteiger partial charge in [-0.15, -0.1) is 0 Å². The molecule has 1 aromatic heterocycles. The second kappa shape index (κ2) is 14.3. The SMILES string of the molecule is CCCCCOc1ccc(C2C(C(=O)c3cc4cccc(OC)c4o3)=C(O)C(=O)N2CCCN(CC)CC)cc1OC. The fourth-order valence-corrected chi connectivity index (χ4v) is 5.42. The van der Waals surface area contributed by atoms with Crippen LogP contribution in [0.15, 0.2) is 58.2 Å². The molecule has 0 bridgehead atoms. The predicted octanol–water partition coefficient (Wildman–Crippen LogP) is 6.33. The van der Waals surface area contributed by atoms with Crippen molar-refractivity contribution >= 4 is 22.7 Å². The number of para-hydroxylation sites is 1. The normalized spacial score (nSPS) is 15.2. The van der Waals surface area contributed by atoms with Crippen molar-refractivity contribution in [3.05, 3.63) is 65.1 Å². The van der Waals surface area contributed by atoms with E-state index in [0.29, 0.717) is 53.4 Å². The Labute approximate surface area is 247 Å². The molecule has 1 aliphatic heterocycles. The number of Topliss-reactive ketones (excluding diaryl/α,β-unsaturated/α-hetero) is 1. The van der Waals surface area contributed by atoms with Crippen molar-refractivity contribution in [2.24, 2.45) is 0 Å². The average molecular weight is 579 g/mol. The Morgan fingerprint density at radius 3 is 2.43 bits per heavy atom. The summed E-state index contributed by atoms with van der Waals surface area (Å²) >= 11 is 0. The molecule has 1 atom stereocenters. The van der Waals surface area contributed by atoms with Gasteiger partial charge in [0.1, 0.15) is 0 Å². The van der Waals surface area contributed by atoms with Gasteiger partial charge in [-0.1, -0.05) is 51.8 Å². The summed E-state index contributed by atoms with van der Waals surface area (Å²) in [6, 6.07) is 11.5. The maximum Gasteiger partial charge on any atom is 0.290 e. The third kappa shape index (κ3) is 6.41.